The van der Waals surface area contributed by atoms with Crippen LogP contribution in [0.15, 0.2) is 12.5 Å². The number of ether oxygens (including phenoxy) is 1. The maximum absolute atomic E-state index is 12.1. The van der Waals surface area contributed by atoms with Crippen LogP contribution in [0.1, 0.15) is 41.5 Å². The Hall–Kier alpha value is -2.58. The number of anilines is 1. The number of rotatable bonds is 5. The normalized spacial score (nSPS) is 13.1. The molecule has 9 heteroatoms. The van der Waals surface area contributed by atoms with Gasteiger partial charge in [0, 0.05) is 6.20 Å². The van der Waals surface area contributed by atoms with Crippen molar-refractivity contribution in [3.8, 4) is 0 Å². The maximum Gasteiger partial charge on any atom is 0.408 e. The topological polar surface area (TPSA) is 123 Å². The minimum absolute atomic E-state index is 0.187. The van der Waals surface area contributed by atoms with Gasteiger partial charge in [-0.05, 0) is 41.5 Å². The molecule has 2 amide bonds. The Labute approximate surface area is 140 Å². The van der Waals surface area contributed by atoms with Crippen LogP contribution >= 0.6 is 0 Å². The number of carbonyl (C=O) groups excluding carboxylic acids is 2. The molecule has 3 N–H and O–H groups in total. The molecule has 0 aliphatic rings. The molecule has 0 saturated carbocycles. The Morgan fingerprint density at radius 1 is 1.25 bits per heavy atom. The van der Waals surface area contributed by atoms with E-state index in [2.05, 4.69) is 15.6 Å². The molecule has 24 heavy (non-hydrogen) atoms. The van der Waals surface area contributed by atoms with Crippen molar-refractivity contribution in [2.24, 2.45) is 0 Å². The van der Waals surface area contributed by atoms with Crippen molar-refractivity contribution < 1.29 is 24.2 Å². The molecule has 0 spiro atoms. The van der Waals surface area contributed by atoms with E-state index in [4.69, 9.17) is 9.84 Å². The van der Waals surface area contributed by atoms with Gasteiger partial charge in [0.1, 0.15) is 17.2 Å². The average Bonchev–Trinajstić information content (AvgIpc) is 2.85. The van der Waals surface area contributed by atoms with E-state index in [0.717, 1.165) is 0 Å². The molecule has 1 aromatic rings. The lowest BCUT2D eigenvalue weighted by Gasteiger charge is -2.21. The summed E-state index contributed by atoms with van der Waals surface area (Å²) in [4.78, 5) is 38.8. The van der Waals surface area contributed by atoms with E-state index in [9.17, 15) is 14.4 Å². The molecule has 9 nitrogen and oxygen atoms in total. The molecule has 1 atom stereocenters. The zero-order chi connectivity index (χ0) is 18.7. The number of aliphatic carboxylic acids is 1. The van der Waals surface area contributed by atoms with Gasteiger partial charge in [0.15, 0.2) is 5.82 Å². The van der Waals surface area contributed by atoms with Crippen LogP contribution in [0.3, 0.4) is 0 Å². The van der Waals surface area contributed by atoms with Crippen LogP contribution < -0.4 is 10.6 Å². The summed E-state index contributed by atoms with van der Waals surface area (Å²) < 4.78 is 6.44. The number of imidazole rings is 1. The highest BCUT2D eigenvalue weighted by molar-refractivity contribution is 5.95. The van der Waals surface area contributed by atoms with Crippen molar-refractivity contribution in [3.05, 3.63) is 12.5 Å². The first kappa shape index (κ1) is 19.5. The van der Waals surface area contributed by atoms with E-state index in [-0.39, 0.29) is 5.82 Å². The zero-order valence-electron chi connectivity index (χ0n) is 14.7. The number of alkyl carbamates (subject to hydrolysis) is 1. The van der Waals surface area contributed by atoms with Crippen LogP contribution in [-0.4, -0.2) is 44.3 Å². The van der Waals surface area contributed by atoms with Crippen molar-refractivity contribution in [1.82, 2.24) is 14.9 Å². The average molecular weight is 340 g/mol. The number of nitrogens with zero attached hydrogens (tertiary/aromatic N) is 2. The van der Waals surface area contributed by atoms with Crippen molar-refractivity contribution >= 4 is 23.8 Å². The first-order valence-corrected chi connectivity index (χ1v) is 7.41. The summed E-state index contributed by atoms with van der Waals surface area (Å²) in [5, 5.41) is 14.1. The van der Waals surface area contributed by atoms with Gasteiger partial charge in [-0.2, -0.15) is 0 Å². The maximum atomic E-state index is 12.1. The Morgan fingerprint density at radius 2 is 1.83 bits per heavy atom. The number of amides is 2. The van der Waals surface area contributed by atoms with Crippen LogP contribution in [0.2, 0.25) is 0 Å². The first-order valence-electron chi connectivity index (χ1n) is 7.41. The van der Waals surface area contributed by atoms with Gasteiger partial charge in [-0.25, -0.2) is 14.6 Å². The third-order valence-electron chi connectivity index (χ3n) is 3.13. The summed E-state index contributed by atoms with van der Waals surface area (Å²) in [6.45, 7) is 9.67. The predicted molar refractivity (Wildman–Crippen MR) is 86.6 cm³/mol. The monoisotopic (exact) mass is 340 g/mol. The molecule has 0 saturated heterocycles. The lowest BCUT2D eigenvalue weighted by Crippen LogP contribution is -2.44. The summed E-state index contributed by atoms with van der Waals surface area (Å²) in [6.07, 6.45) is 2.02. The SMILES string of the molecule is CC(NC(=O)OC(C)(C)C)C(=O)Nc1cn(C(C)(C)C(=O)O)cn1. The van der Waals surface area contributed by atoms with Crippen molar-refractivity contribution in [2.75, 3.05) is 5.32 Å². The molecule has 0 bridgehead atoms. The largest absolute Gasteiger partial charge is 0.480 e. The Balaban J connectivity index is 2.67. The fourth-order valence-corrected chi connectivity index (χ4v) is 1.59. The third-order valence-corrected chi connectivity index (χ3v) is 3.13. The van der Waals surface area contributed by atoms with Gasteiger partial charge in [0.05, 0.1) is 6.33 Å². The third kappa shape index (κ3) is 5.25. The number of hydrogen-bond donors (Lipinski definition) is 3. The number of nitrogens with one attached hydrogen (secondary N) is 2. The Bertz CT molecular complexity index is 630. The van der Waals surface area contributed by atoms with E-state index >= 15 is 0 Å². The summed E-state index contributed by atoms with van der Waals surface area (Å²) >= 11 is 0. The smallest absolute Gasteiger partial charge is 0.408 e. The van der Waals surface area contributed by atoms with Crippen molar-refractivity contribution in [2.45, 2.75) is 58.7 Å². The number of aromatic nitrogens is 2. The second kappa shape index (κ2) is 6.90. The highest BCUT2D eigenvalue weighted by atomic mass is 16.6. The lowest BCUT2D eigenvalue weighted by atomic mass is 10.1. The quantitative estimate of drug-likeness (QED) is 0.747. The van der Waals surface area contributed by atoms with Gasteiger partial charge in [-0.1, -0.05) is 0 Å². The van der Waals surface area contributed by atoms with E-state index in [1.165, 1.54) is 37.9 Å². The predicted octanol–water partition coefficient (Wildman–Crippen LogP) is 1.55. The van der Waals surface area contributed by atoms with Crippen LogP contribution in [0.4, 0.5) is 10.6 Å². The molecular formula is C15H24N4O5. The van der Waals surface area contributed by atoms with E-state index < -0.39 is 35.2 Å². The molecule has 0 fully saturated rings. The van der Waals surface area contributed by atoms with Crippen molar-refractivity contribution in [3.63, 3.8) is 0 Å². The molecular weight excluding hydrogens is 316 g/mol. The molecule has 1 aromatic heterocycles. The van der Waals surface area contributed by atoms with Gasteiger partial charge >= 0.3 is 12.1 Å². The first-order chi connectivity index (χ1) is 10.8. The highest BCUT2D eigenvalue weighted by Crippen LogP contribution is 2.17. The molecule has 1 heterocycles. The van der Waals surface area contributed by atoms with Crippen LogP contribution in [0.5, 0.6) is 0 Å². The van der Waals surface area contributed by atoms with Crippen LogP contribution in [0, 0.1) is 0 Å². The summed E-state index contributed by atoms with van der Waals surface area (Å²) in [5.41, 5.74) is -1.86. The summed E-state index contributed by atoms with van der Waals surface area (Å²) in [7, 11) is 0. The molecule has 0 aromatic carbocycles. The Kier molecular flexibility index (Phi) is 5.59. The van der Waals surface area contributed by atoms with Gasteiger partial charge in [-0.15, -0.1) is 0 Å². The van der Waals surface area contributed by atoms with Crippen LogP contribution in [0.25, 0.3) is 0 Å². The fourth-order valence-electron chi connectivity index (χ4n) is 1.59. The second-order valence-electron chi connectivity index (χ2n) is 6.89. The van der Waals surface area contributed by atoms with Gasteiger partial charge in [-0.3, -0.25) is 4.79 Å². The zero-order valence-corrected chi connectivity index (χ0v) is 14.7. The second-order valence-corrected chi connectivity index (χ2v) is 6.89. The number of carboxylic acid groups (broad SMARTS) is 1. The van der Waals surface area contributed by atoms with E-state index in [1.807, 2.05) is 0 Å². The summed E-state index contributed by atoms with van der Waals surface area (Å²) in [5.74, 6) is -1.34. The molecule has 0 aliphatic heterocycles. The van der Waals surface area contributed by atoms with Gasteiger partial charge in [0.25, 0.3) is 0 Å². The van der Waals surface area contributed by atoms with E-state index in [0.29, 0.717) is 0 Å². The fraction of sp³-hybridized carbons (Fsp3) is 0.600. The number of hydrogen-bond acceptors (Lipinski definition) is 5. The minimum Gasteiger partial charge on any atom is -0.480 e. The Morgan fingerprint density at radius 3 is 2.33 bits per heavy atom. The summed E-state index contributed by atoms with van der Waals surface area (Å²) in [6, 6.07) is -0.850. The number of carbonyl (C=O) groups is 3. The minimum atomic E-state index is -1.20. The molecule has 0 aliphatic carbocycles. The number of carboxylic acids is 1. The molecule has 1 rings (SSSR count). The van der Waals surface area contributed by atoms with Gasteiger partial charge in [0.2, 0.25) is 5.91 Å². The molecule has 134 valence electrons. The molecule has 1 unspecified atom stereocenters. The lowest BCUT2D eigenvalue weighted by molar-refractivity contribution is -0.145. The van der Waals surface area contributed by atoms with Crippen molar-refractivity contribution in [1.29, 1.82) is 0 Å². The van der Waals surface area contributed by atoms with Crippen LogP contribution in [-0.2, 0) is 19.9 Å². The van der Waals surface area contributed by atoms with Gasteiger partial charge < -0.3 is 25.0 Å². The molecule has 0 radical (unpaired) electrons. The standard InChI is InChI=1S/C15H24N4O5/c1-9(17-13(23)24-14(2,3)4)11(20)18-10-7-19(8-16-10)15(5,6)12(21)22/h7-9H,1-6H3,(H,17,23)(H,18,20)(H,21,22). The van der Waals surface area contributed by atoms with E-state index in [1.54, 1.807) is 20.8 Å². The highest BCUT2D eigenvalue weighted by Gasteiger charge is 2.29.